The monoisotopic (exact) mass is 433 g/mol. The van der Waals surface area contributed by atoms with Crippen LogP contribution in [0, 0.1) is 5.92 Å². The van der Waals surface area contributed by atoms with Crippen LogP contribution in [0.2, 0.25) is 0 Å². The molecule has 1 fully saturated rings. The number of aromatic nitrogens is 1. The fraction of sp³-hybridized carbons (Fsp3) is 0.476. The van der Waals surface area contributed by atoms with E-state index in [-0.39, 0.29) is 29.0 Å². The quantitative estimate of drug-likeness (QED) is 0.648. The minimum Gasteiger partial charge on any atom is -0.441 e. The van der Waals surface area contributed by atoms with Crippen molar-refractivity contribution in [3.8, 4) is 11.3 Å². The molecular weight excluding hydrogens is 406 g/mol. The van der Waals surface area contributed by atoms with Gasteiger partial charge in [-0.2, -0.15) is 0 Å². The molecule has 1 aliphatic heterocycles. The zero-order chi connectivity index (χ0) is 21.7. The molecule has 0 radical (unpaired) electrons. The fourth-order valence-corrected chi connectivity index (χ4v) is 3.99. The van der Waals surface area contributed by atoms with E-state index in [1.165, 1.54) is 12.1 Å². The predicted octanol–water partition coefficient (Wildman–Crippen LogP) is 2.05. The molecule has 1 aliphatic rings. The lowest BCUT2D eigenvalue weighted by molar-refractivity contribution is -0.128. The lowest BCUT2D eigenvalue weighted by Gasteiger charge is -2.20. The van der Waals surface area contributed by atoms with Crippen molar-refractivity contribution in [1.82, 2.24) is 15.2 Å². The molecule has 1 saturated heterocycles. The Kier molecular flexibility index (Phi) is 6.91. The third-order valence-corrected chi connectivity index (χ3v) is 6.17. The average molecular weight is 434 g/mol. The second-order valence-electron chi connectivity index (χ2n) is 7.77. The van der Waals surface area contributed by atoms with Gasteiger partial charge in [0.05, 0.1) is 11.1 Å². The molecule has 3 rings (SSSR count). The normalized spacial score (nSPS) is 15.4. The van der Waals surface area contributed by atoms with Gasteiger partial charge in [-0.05, 0) is 36.6 Å². The molecule has 1 aromatic carbocycles. The number of hydrogen-bond donors (Lipinski definition) is 1. The highest BCUT2D eigenvalue weighted by Gasteiger charge is 2.21. The van der Waals surface area contributed by atoms with Crippen LogP contribution in [0.4, 0.5) is 0 Å². The first-order valence-electron chi connectivity index (χ1n) is 10.0. The Morgan fingerprint density at radius 2 is 2.03 bits per heavy atom. The van der Waals surface area contributed by atoms with Gasteiger partial charge >= 0.3 is 0 Å². The largest absolute Gasteiger partial charge is 0.441 e. The number of benzene rings is 1. The molecule has 1 N–H and O–H groups in total. The molecule has 0 saturated carbocycles. The number of carbonyl (C=O) groups excluding carboxylic acids is 2. The van der Waals surface area contributed by atoms with Gasteiger partial charge < -0.3 is 14.6 Å². The van der Waals surface area contributed by atoms with E-state index in [1.807, 2.05) is 11.8 Å². The second kappa shape index (κ2) is 9.42. The van der Waals surface area contributed by atoms with E-state index < -0.39 is 9.84 Å². The van der Waals surface area contributed by atoms with Crippen LogP contribution >= 0.6 is 0 Å². The molecule has 2 amide bonds. The van der Waals surface area contributed by atoms with Gasteiger partial charge in [0.15, 0.2) is 21.5 Å². The minimum absolute atomic E-state index is 0.0909. The molecule has 1 unspecified atom stereocenters. The molecule has 0 bridgehead atoms. The molecule has 2 aromatic rings. The van der Waals surface area contributed by atoms with Crippen LogP contribution < -0.4 is 5.32 Å². The lowest BCUT2D eigenvalue weighted by atomic mass is 10.1. The lowest BCUT2D eigenvalue weighted by Crippen LogP contribution is -2.36. The maximum Gasteiger partial charge on any atom is 0.222 e. The van der Waals surface area contributed by atoms with Crippen LogP contribution in [-0.2, 0) is 25.8 Å². The number of carbonyl (C=O) groups is 2. The van der Waals surface area contributed by atoms with Gasteiger partial charge in [0.2, 0.25) is 11.8 Å². The highest BCUT2D eigenvalue weighted by Crippen LogP contribution is 2.22. The topological polar surface area (TPSA) is 110 Å². The van der Waals surface area contributed by atoms with Crippen molar-refractivity contribution in [2.45, 2.75) is 37.5 Å². The summed E-state index contributed by atoms with van der Waals surface area (Å²) in [6.07, 6.45) is 4.88. The summed E-state index contributed by atoms with van der Waals surface area (Å²) in [5.74, 6) is 1.27. The summed E-state index contributed by atoms with van der Waals surface area (Å²) in [6, 6.07) is 6.38. The van der Waals surface area contributed by atoms with Gasteiger partial charge in [-0.1, -0.05) is 6.92 Å². The molecule has 9 heteroatoms. The van der Waals surface area contributed by atoms with Gasteiger partial charge in [0.1, 0.15) is 0 Å². The summed E-state index contributed by atoms with van der Waals surface area (Å²) in [5.41, 5.74) is 0.718. The average Bonchev–Trinajstić information content (AvgIpc) is 3.33. The van der Waals surface area contributed by atoms with Gasteiger partial charge in [-0.3, -0.25) is 9.59 Å². The second-order valence-corrected chi connectivity index (χ2v) is 9.78. The van der Waals surface area contributed by atoms with Crippen molar-refractivity contribution in [3.05, 3.63) is 36.4 Å². The van der Waals surface area contributed by atoms with Crippen LogP contribution in [0.5, 0.6) is 0 Å². The molecule has 8 nitrogen and oxygen atoms in total. The number of amides is 2. The number of nitrogens with one attached hydrogen (secondary N) is 1. The van der Waals surface area contributed by atoms with Gasteiger partial charge in [0.25, 0.3) is 0 Å². The summed E-state index contributed by atoms with van der Waals surface area (Å²) >= 11 is 0. The molecule has 0 spiro atoms. The Hall–Kier alpha value is -2.68. The van der Waals surface area contributed by atoms with Crippen molar-refractivity contribution in [3.63, 3.8) is 0 Å². The zero-order valence-electron chi connectivity index (χ0n) is 17.3. The molecule has 1 atom stereocenters. The Labute approximate surface area is 176 Å². The SMILES string of the molecule is CC(CNC(=O)CCc1ncc(-c2ccc(S(C)(=O)=O)cc2)o1)CN1CCCC1=O. The summed E-state index contributed by atoms with van der Waals surface area (Å²) < 4.78 is 28.8. The minimum atomic E-state index is -3.25. The fourth-order valence-electron chi connectivity index (χ4n) is 3.36. The summed E-state index contributed by atoms with van der Waals surface area (Å²) in [7, 11) is -3.25. The number of oxazole rings is 1. The molecular formula is C21H27N3O5S. The molecule has 162 valence electrons. The summed E-state index contributed by atoms with van der Waals surface area (Å²) in [4.78, 5) is 30.1. The third kappa shape index (κ3) is 5.91. The van der Waals surface area contributed by atoms with Crippen molar-refractivity contribution < 1.29 is 22.4 Å². The van der Waals surface area contributed by atoms with Crippen LogP contribution in [0.1, 0.15) is 32.1 Å². The van der Waals surface area contributed by atoms with Crippen molar-refractivity contribution in [1.29, 1.82) is 0 Å². The first kappa shape index (κ1) is 22.0. The third-order valence-electron chi connectivity index (χ3n) is 5.04. The van der Waals surface area contributed by atoms with Crippen molar-refractivity contribution >= 4 is 21.7 Å². The molecule has 30 heavy (non-hydrogen) atoms. The van der Waals surface area contributed by atoms with E-state index in [0.717, 1.165) is 24.8 Å². The Morgan fingerprint density at radius 1 is 1.30 bits per heavy atom. The molecule has 1 aromatic heterocycles. The number of likely N-dealkylation sites (tertiary alicyclic amines) is 1. The van der Waals surface area contributed by atoms with Gasteiger partial charge in [-0.25, -0.2) is 13.4 Å². The molecule has 2 heterocycles. The Balaban J connectivity index is 1.44. The molecule has 0 aliphatic carbocycles. The van der Waals surface area contributed by atoms with Crippen molar-refractivity contribution in [2.75, 3.05) is 25.9 Å². The highest BCUT2D eigenvalue weighted by molar-refractivity contribution is 7.90. The van der Waals surface area contributed by atoms with Crippen molar-refractivity contribution in [2.24, 2.45) is 5.92 Å². The van der Waals surface area contributed by atoms with E-state index in [2.05, 4.69) is 10.3 Å². The maximum absolute atomic E-state index is 12.1. The van der Waals surface area contributed by atoms with Crippen LogP contribution in [0.3, 0.4) is 0 Å². The van der Waals surface area contributed by atoms with Crippen LogP contribution in [0.15, 0.2) is 39.8 Å². The standard InChI is InChI=1S/C21H27N3O5S/c1-15(14-24-11-3-4-21(24)26)12-22-19(25)9-10-20-23-13-18(29-20)16-5-7-17(8-6-16)30(2,27)28/h5-8,13,15H,3-4,9-12,14H2,1-2H3,(H,22,25). The summed E-state index contributed by atoms with van der Waals surface area (Å²) in [6.45, 7) is 4.01. The first-order valence-corrected chi connectivity index (χ1v) is 11.9. The van der Waals surface area contributed by atoms with Crippen LogP contribution in [-0.4, -0.2) is 56.0 Å². The number of nitrogens with zero attached hydrogens (tertiary/aromatic N) is 2. The number of aryl methyl sites for hydroxylation is 1. The number of sulfone groups is 1. The number of rotatable bonds is 9. The van der Waals surface area contributed by atoms with E-state index in [9.17, 15) is 18.0 Å². The summed E-state index contributed by atoms with van der Waals surface area (Å²) in [5, 5.41) is 2.90. The van der Waals surface area contributed by atoms with E-state index in [1.54, 1.807) is 18.3 Å². The Morgan fingerprint density at radius 3 is 2.67 bits per heavy atom. The zero-order valence-corrected chi connectivity index (χ0v) is 18.1. The van der Waals surface area contributed by atoms with E-state index in [0.29, 0.717) is 37.6 Å². The first-order chi connectivity index (χ1) is 14.2. The van der Waals surface area contributed by atoms with Crippen LogP contribution in [0.25, 0.3) is 11.3 Å². The number of hydrogen-bond acceptors (Lipinski definition) is 6. The van der Waals surface area contributed by atoms with E-state index >= 15 is 0 Å². The predicted molar refractivity (Wildman–Crippen MR) is 111 cm³/mol. The maximum atomic E-state index is 12.1. The smallest absolute Gasteiger partial charge is 0.222 e. The highest BCUT2D eigenvalue weighted by atomic mass is 32.2. The van der Waals surface area contributed by atoms with Gasteiger partial charge in [-0.15, -0.1) is 0 Å². The van der Waals surface area contributed by atoms with E-state index in [4.69, 9.17) is 4.42 Å². The van der Waals surface area contributed by atoms with Gasteiger partial charge in [0, 0.05) is 50.7 Å². The Bertz CT molecular complexity index is 998.